The molecule has 64 valence electrons. The average molecular weight is 201 g/mol. The van der Waals surface area contributed by atoms with Crippen molar-refractivity contribution in [2.24, 2.45) is 35.5 Å². The molecule has 3 fully saturated rings. The molecule has 3 saturated carbocycles. The molecule has 8 atom stereocenters. The molecule has 0 aliphatic heterocycles. The highest BCUT2D eigenvalue weighted by Gasteiger charge is 2.74. The molecule has 0 nitrogen and oxygen atoms in total. The lowest BCUT2D eigenvalue weighted by Gasteiger charge is -2.45. The average Bonchev–Trinajstić information content (AvgIpc) is 2.50. The Hall–Kier alpha value is 0.320. The Kier molecular flexibility index (Phi) is 0.976. The summed E-state index contributed by atoms with van der Waals surface area (Å²) in [6, 6.07) is 0. The third-order valence-corrected chi connectivity index (χ3v) is 5.82. The molecule has 6 unspecified atom stereocenters. The standard InChI is InChI=1S/C10H10Cl2/c11-9-7-4-2-1-3-5(4)6(3)8(7)10(9)12/h1-10H/t3?,4?,5?,6?,7-,8+,9?,10?/m1/s1. The third kappa shape index (κ3) is 0.478. The summed E-state index contributed by atoms with van der Waals surface area (Å²) in [6.07, 6.45) is 4.81. The summed E-state index contributed by atoms with van der Waals surface area (Å²) in [4.78, 5) is 0. The van der Waals surface area contributed by atoms with Crippen LogP contribution in [-0.2, 0) is 0 Å². The largest absolute Gasteiger partial charge is 0.121 e. The molecule has 4 aliphatic carbocycles. The maximum absolute atomic E-state index is 6.22. The molecule has 2 heteroatoms. The van der Waals surface area contributed by atoms with Gasteiger partial charge in [0.1, 0.15) is 0 Å². The van der Waals surface area contributed by atoms with Crippen molar-refractivity contribution in [3.05, 3.63) is 12.2 Å². The second-order valence-electron chi connectivity index (χ2n) is 4.74. The van der Waals surface area contributed by atoms with Crippen LogP contribution in [0.1, 0.15) is 0 Å². The number of allylic oxidation sites excluding steroid dienone is 2. The lowest BCUT2D eigenvalue weighted by atomic mass is 9.68. The van der Waals surface area contributed by atoms with E-state index in [2.05, 4.69) is 12.2 Å². The zero-order chi connectivity index (χ0) is 8.03. The summed E-state index contributed by atoms with van der Waals surface area (Å²) in [5.41, 5.74) is 0. The lowest BCUT2D eigenvalue weighted by molar-refractivity contribution is 0.165. The van der Waals surface area contributed by atoms with E-state index in [0.29, 0.717) is 0 Å². The second kappa shape index (κ2) is 1.74. The lowest BCUT2D eigenvalue weighted by Crippen LogP contribution is -2.50. The van der Waals surface area contributed by atoms with E-state index in [9.17, 15) is 0 Å². The van der Waals surface area contributed by atoms with Crippen molar-refractivity contribution in [2.45, 2.75) is 10.8 Å². The van der Waals surface area contributed by atoms with Crippen molar-refractivity contribution in [1.29, 1.82) is 0 Å². The number of fused-ring (bicyclic) bond motifs is 4. The molecule has 0 saturated heterocycles. The fourth-order valence-corrected chi connectivity index (χ4v) is 5.09. The Morgan fingerprint density at radius 3 is 2.00 bits per heavy atom. The number of halogens is 2. The van der Waals surface area contributed by atoms with E-state index in [1.165, 1.54) is 0 Å². The topological polar surface area (TPSA) is 0 Å². The van der Waals surface area contributed by atoms with E-state index in [0.717, 1.165) is 35.5 Å². The van der Waals surface area contributed by atoms with Gasteiger partial charge in [0.25, 0.3) is 0 Å². The van der Waals surface area contributed by atoms with Gasteiger partial charge >= 0.3 is 0 Å². The van der Waals surface area contributed by atoms with Crippen LogP contribution >= 0.6 is 23.2 Å². The van der Waals surface area contributed by atoms with Crippen LogP contribution in [0.25, 0.3) is 0 Å². The van der Waals surface area contributed by atoms with E-state index >= 15 is 0 Å². The Morgan fingerprint density at radius 2 is 1.25 bits per heavy atom. The van der Waals surface area contributed by atoms with Gasteiger partial charge < -0.3 is 0 Å². The molecule has 0 aromatic heterocycles. The van der Waals surface area contributed by atoms with Crippen LogP contribution in [0.5, 0.6) is 0 Å². The van der Waals surface area contributed by atoms with Crippen molar-refractivity contribution < 1.29 is 0 Å². The zero-order valence-corrected chi connectivity index (χ0v) is 8.04. The van der Waals surface area contributed by atoms with Crippen LogP contribution in [0.2, 0.25) is 0 Å². The van der Waals surface area contributed by atoms with Gasteiger partial charge in [-0.3, -0.25) is 0 Å². The van der Waals surface area contributed by atoms with E-state index in [4.69, 9.17) is 23.2 Å². The maximum atomic E-state index is 6.22. The normalized spacial score (nSPS) is 75.2. The first-order chi connectivity index (χ1) is 5.80. The van der Waals surface area contributed by atoms with Gasteiger partial charge in [0.05, 0.1) is 10.8 Å². The van der Waals surface area contributed by atoms with Gasteiger partial charge in [-0.25, -0.2) is 0 Å². The minimum Gasteiger partial charge on any atom is -0.121 e. The molecule has 0 heterocycles. The van der Waals surface area contributed by atoms with E-state index in [1.807, 2.05) is 0 Å². The summed E-state index contributed by atoms with van der Waals surface area (Å²) in [5, 5.41) is 0.539. The van der Waals surface area contributed by atoms with Gasteiger partial charge in [0.15, 0.2) is 0 Å². The summed E-state index contributed by atoms with van der Waals surface area (Å²) >= 11 is 12.4. The van der Waals surface area contributed by atoms with Crippen molar-refractivity contribution in [3.8, 4) is 0 Å². The Bertz CT molecular complexity index is 286. The zero-order valence-electron chi connectivity index (χ0n) is 6.53. The summed E-state index contributed by atoms with van der Waals surface area (Å²) in [5.74, 6) is 5.11. The highest BCUT2D eigenvalue weighted by molar-refractivity contribution is 6.31. The smallest absolute Gasteiger partial charge is 0.0539 e. The molecule has 4 aliphatic rings. The fourth-order valence-electron chi connectivity index (χ4n) is 4.08. The first-order valence-corrected chi connectivity index (χ1v) is 5.64. The monoisotopic (exact) mass is 200 g/mol. The van der Waals surface area contributed by atoms with Crippen molar-refractivity contribution in [3.63, 3.8) is 0 Å². The first kappa shape index (κ1) is 6.73. The third-order valence-electron chi connectivity index (χ3n) is 4.57. The van der Waals surface area contributed by atoms with Gasteiger partial charge in [-0.1, -0.05) is 12.2 Å². The van der Waals surface area contributed by atoms with Gasteiger partial charge in [0, 0.05) is 0 Å². The van der Waals surface area contributed by atoms with Crippen LogP contribution in [0, 0.1) is 35.5 Å². The highest BCUT2D eigenvalue weighted by Crippen LogP contribution is 2.76. The molecule has 0 radical (unpaired) electrons. The molecule has 4 rings (SSSR count). The second-order valence-corrected chi connectivity index (χ2v) is 5.75. The highest BCUT2D eigenvalue weighted by atomic mass is 35.5. The van der Waals surface area contributed by atoms with Crippen LogP contribution in [0.4, 0.5) is 0 Å². The molecule has 0 aromatic carbocycles. The van der Waals surface area contributed by atoms with E-state index in [-0.39, 0.29) is 10.8 Å². The van der Waals surface area contributed by atoms with Crippen LogP contribution in [-0.4, -0.2) is 10.8 Å². The number of alkyl halides is 2. The molecular formula is C10H10Cl2. The van der Waals surface area contributed by atoms with Crippen molar-refractivity contribution >= 4 is 23.2 Å². The van der Waals surface area contributed by atoms with E-state index in [1.54, 1.807) is 0 Å². The molecule has 0 N–H and O–H groups in total. The summed E-state index contributed by atoms with van der Waals surface area (Å²) in [6.45, 7) is 0. The quantitative estimate of drug-likeness (QED) is 0.417. The van der Waals surface area contributed by atoms with Crippen molar-refractivity contribution in [1.82, 2.24) is 0 Å². The molecule has 0 aromatic rings. The van der Waals surface area contributed by atoms with E-state index < -0.39 is 0 Å². The number of rotatable bonds is 0. The first-order valence-electron chi connectivity index (χ1n) is 4.77. The summed E-state index contributed by atoms with van der Waals surface area (Å²) in [7, 11) is 0. The molecule has 0 spiro atoms. The summed E-state index contributed by atoms with van der Waals surface area (Å²) < 4.78 is 0. The molecule has 0 amide bonds. The molecular weight excluding hydrogens is 191 g/mol. The number of hydrogen-bond donors (Lipinski definition) is 0. The van der Waals surface area contributed by atoms with Crippen LogP contribution in [0.3, 0.4) is 0 Å². The Morgan fingerprint density at radius 1 is 0.667 bits per heavy atom. The fraction of sp³-hybridized carbons (Fsp3) is 0.800. The van der Waals surface area contributed by atoms with Crippen LogP contribution in [0.15, 0.2) is 12.2 Å². The Labute approximate surface area is 81.9 Å². The molecule has 12 heavy (non-hydrogen) atoms. The van der Waals surface area contributed by atoms with Crippen LogP contribution < -0.4 is 0 Å². The van der Waals surface area contributed by atoms with Gasteiger partial charge in [-0.15, -0.1) is 23.2 Å². The predicted molar refractivity (Wildman–Crippen MR) is 49.4 cm³/mol. The SMILES string of the molecule is ClC1C(Cl)[C@H]2C3C4C=CC(C43)[C@@H]12. The van der Waals surface area contributed by atoms with Gasteiger partial charge in [0.2, 0.25) is 0 Å². The maximum Gasteiger partial charge on any atom is 0.0539 e. The van der Waals surface area contributed by atoms with Gasteiger partial charge in [-0.2, -0.15) is 0 Å². The predicted octanol–water partition coefficient (Wildman–Crippen LogP) is 2.51. The minimum absolute atomic E-state index is 0.262. The van der Waals surface area contributed by atoms with Crippen molar-refractivity contribution in [2.75, 3.05) is 0 Å². The minimum atomic E-state index is 0.262. The molecule has 0 bridgehead atoms. The number of hydrogen-bond acceptors (Lipinski definition) is 0. The van der Waals surface area contributed by atoms with Gasteiger partial charge in [-0.05, 0) is 35.5 Å². The Balaban J connectivity index is 1.78.